The quantitative estimate of drug-likeness (QED) is 0.0203. The Kier molecular flexibility index (Phi) is 35.7. The van der Waals surface area contributed by atoms with Gasteiger partial charge in [-0.3, -0.25) is 9.35 Å². The highest BCUT2D eigenvalue weighted by molar-refractivity contribution is 7.80. The number of carbonyl (C=O) groups excluding carboxylic acids is 1. The average Bonchev–Trinajstić information content (AvgIpc) is 3.24. The van der Waals surface area contributed by atoms with Gasteiger partial charge in [-0.25, -0.2) is 4.18 Å². The Balaban J connectivity index is 2.54. The first-order valence-corrected chi connectivity index (χ1v) is 23.7. The number of aliphatic hydroxyl groups excluding tert-OH is 3. The zero-order chi connectivity index (χ0) is 45.4. The lowest BCUT2D eigenvalue weighted by atomic mass is 9.99. The van der Waals surface area contributed by atoms with E-state index in [9.17, 15) is 28.5 Å². The number of ether oxygens (including phenoxy) is 4. The van der Waals surface area contributed by atoms with Crippen LogP contribution in [-0.2, 0) is 38.3 Å². The lowest BCUT2D eigenvalue weighted by Gasteiger charge is -2.41. The summed E-state index contributed by atoms with van der Waals surface area (Å²) in [5.41, 5.74) is 0. The largest absolute Gasteiger partial charge is 0.457 e. The minimum Gasteiger partial charge on any atom is -0.457 e. The molecule has 0 saturated carbocycles. The molecular formula is C49H76O12S. The molecule has 0 aromatic heterocycles. The van der Waals surface area contributed by atoms with E-state index in [2.05, 4.69) is 127 Å². The van der Waals surface area contributed by atoms with Crippen LogP contribution in [-0.4, -0.2) is 97.5 Å². The second kappa shape index (κ2) is 39.1. The first-order valence-electron chi connectivity index (χ1n) is 22.3. The van der Waals surface area contributed by atoms with E-state index in [0.717, 1.165) is 89.9 Å². The van der Waals surface area contributed by atoms with E-state index >= 15 is 0 Å². The lowest BCUT2D eigenvalue weighted by Crippen LogP contribution is -2.60. The Hall–Kier alpha value is -3.50. The summed E-state index contributed by atoms with van der Waals surface area (Å²) in [5.74, 6) is -0.499. The smallest absolute Gasteiger partial charge is 0.397 e. The van der Waals surface area contributed by atoms with Crippen molar-refractivity contribution in [2.75, 3.05) is 26.4 Å². The SMILES string of the molecule is CC/C=C\C/C=C\C/C=C\C/C=C\C/C=C\C/C=C\CCC(=O)OC(COCCCCC/C=C\C/C=C\C/C=C\C/C=C\CC)COC1OC(CO)C(O)C(OS(=O)(=O)O)C1O. The minimum atomic E-state index is -5.08. The van der Waals surface area contributed by atoms with Gasteiger partial charge in [0, 0.05) is 13.0 Å². The Bertz CT molecular complexity index is 1540. The molecule has 6 unspecified atom stereocenters. The zero-order valence-electron chi connectivity index (χ0n) is 37.1. The monoisotopic (exact) mass is 889 g/mol. The van der Waals surface area contributed by atoms with Gasteiger partial charge in [-0.15, -0.1) is 0 Å². The van der Waals surface area contributed by atoms with Crippen LogP contribution in [0.4, 0.5) is 0 Å². The van der Waals surface area contributed by atoms with E-state index in [1.54, 1.807) is 0 Å². The minimum absolute atomic E-state index is 0.0255. The van der Waals surface area contributed by atoms with Crippen LogP contribution in [0.3, 0.4) is 0 Å². The van der Waals surface area contributed by atoms with E-state index in [0.29, 0.717) is 13.0 Å². The summed E-state index contributed by atoms with van der Waals surface area (Å²) < 4.78 is 58.9. The maximum Gasteiger partial charge on any atom is 0.397 e. The van der Waals surface area contributed by atoms with E-state index in [-0.39, 0.29) is 19.6 Å². The molecule has 1 heterocycles. The van der Waals surface area contributed by atoms with E-state index < -0.39 is 59.8 Å². The highest BCUT2D eigenvalue weighted by Crippen LogP contribution is 2.26. The van der Waals surface area contributed by atoms with Crippen molar-refractivity contribution in [3.63, 3.8) is 0 Å². The third-order valence-electron chi connectivity index (χ3n) is 9.09. The Labute approximate surface area is 372 Å². The van der Waals surface area contributed by atoms with Crippen molar-refractivity contribution >= 4 is 16.4 Å². The zero-order valence-corrected chi connectivity index (χ0v) is 37.9. The van der Waals surface area contributed by atoms with Crippen LogP contribution in [0.2, 0.25) is 0 Å². The predicted octanol–water partition coefficient (Wildman–Crippen LogP) is 9.40. The van der Waals surface area contributed by atoms with Crippen LogP contribution < -0.4 is 0 Å². The first kappa shape index (κ1) is 56.5. The number of allylic oxidation sites excluding steroid dienone is 20. The Morgan fingerprint density at radius 2 is 1.06 bits per heavy atom. The summed E-state index contributed by atoms with van der Waals surface area (Å²) in [7, 11) is -5.08. The fourth-order valence-corrected chi connectivity index (χ4v) is 6.31. The molecule has 1 fully saturated rings. The standard InChI is InChI=1S/C49H76O12S/c1-3-5-7-9-11-13-15-17-19-21-22-23-24-26-28-30-32-34-36-38-45(51)59-43(42-58-49-47(53)48(61-62(54,55)56)46(52)44(40-50)60-49)41-57-39-37-35-33-31-29-27-25-20-18-16-14-12-10-8-6-4-2/h5-8,11-14,17-20,22-23,26-29,32,34,43-44,46-50,52-53H,3-4,9-10,15-16,21,24-25,30-31,33,35-42H2,1-2H3,(H,54,55,56)/b7-5-,8-6-,13-11-,14-12-,19-17-,20-18-,23-22-,28-26-,29-27-,34-32-. The first-order chi connectivity index (χ1) is 30.1. The van der Waals surface area contributed by atoms with E-state index in [1.807, 2.05) is 12.2 Å². The highest BCUT2D eigenvalue weighted by Gasteiger charge is 2.48. The number of carbonyl (C=O) groups is 1. The average molecular weight is 889 g/mol. The fraction of sp³-hybridized carbons (Fsp3) is 0.571. The van der Waals surface area contributed by atoms with Gasteiger partial charge in [0.25, 0.3) is 0 Å². The molecule has 62 heavy (non-hydrogen) atoms. The van der Waals surface area contributed by atoms with Crippen molar-refractivity contribution in [1.29, 1.82) is 0 Å². The van der Waals surface area contributed by atoms with Crippen LogP contribution in [0.25, 0.3) is 0 Å². The summed E-state index contributed by atoms with van der Waals surface area (Å²) in [6, 6.07) is 0. The molecule has 1 aliphatic rings. The fourth-order valence-electron chi connectivity index (χ4n) is 5.80. The third-order valence-corrected chi connectivity index (χ3v) is 9.56. The second-order valence-electron chi connectivity index (χ2n) is 14.5. The van der Waals surface area contributed by atoms with E-state index in [1.165, 1.54) is 0 Å². The Morgan fingerprint density at radius 3 is 1.52 bits per heavy atom. The lowest BCUT2D eigenvalue weighted by molar-refractivity contribution is -0.301. The molecular weight excluding hydrogens is 813 g/mol. The molecule has 350 valence electrons. The highest BCUT2D eigenvalue weighted by atomic mass is 32.3. The molecule has 0 amide bonds. The molecule has 1 rings (SSSR count). The normalized spacial score (nSPS) is 21.2. The summed E-state index contributed by atoms with van der Waals surface area (Å²) in [4.78, 5) is 12.8. The predicted molar refractivity (Wildman–Crippen MR) is 247 cm³/mol. The van der Waals surface area contributed by atoms with Gasteiger partial charge in [-0.05, 0) is 89.9 Å². The second-order valence-corrected chi connectivity index (χ2v) is 15.6. The summed E-state index contributed by atoms with van der Waals surface area (Å²) >= 11 is 0. The van der Waals surface area contributed by atoms with Gasteiger partial charge in [0.15, 0.2) is 6.29 Å². The number of esters is 1. The summed E-state index contributed by atoms with van der Waals surface area (Å²) in [6.07, 6.45) is 46.8. The van der Waals surface area contributed by atoms with Crippen LogP contribution in [0, 0.1) is 0 Å². The van der Waals surface area contributed by atoms with Gasteiger partial charge < -0.3 is 34.3 Å². The van der Waals surface area contributed by atoms with Gasteiger partial charge in [0.1, 0.15) is 30.5 Å². The van der Waals surface area contributed by atoms with Crippen molar-refractivity contribution in [1.82, 2.24) is 0 Å². The van der Waals surface area contributed by atoms with Crippen LogP contribution >= 0.6 is 0 Å². The number of aliphatic hydroxyl groups is 3. The van der Waals surface area contributed by atoms with Crippen molar-refractivity contribution in [2.45, 2.75) is 153 Å². The van der Waals surface area contributed by atoms with Crippen LogP contribution in [0.1, 0.15) is 117 Å². The number of rotatable bonds is 36. The number of hydrogen-bond donors (Lipinski definition) is 4. The van der Waals surface area contributed by atoms with Crippen molar-refractivity contribution in [3.8, 4) is 0 Å². The molecule has 0 bridgehead atoms. The van der Waals surface area contributed by atoms with Gasteiger partial charge in [0.2, 0.25) is 0 Å². The maximum atomic E-state index is 12.8. The van der Waals surface area contributed by atoms with Gasteiger partial charge >= 0.3 is 16.4 Å². The molecule has 1 saturated heterocycles. The molecule has 13 heteroatoms. The van der Waals surface area contributed by atoms with Crippen molar-refractivity contribution < 1.29 is 56.2 Å². The summed E-state index contributed by atoms with van der Waals surface area (Å²) in [6.45, 7) is 3.55. The van der Waals surface area contributed by atoms with Crippen LogP contribution in [0.5, 0.6) is 0 Å². The molecule has 0 aromatic carbocycles. The van der Waals surface area contributed by atoms with Gasteiger partial charge in [-0.1, -0.05) is 142 Å². The molecule has 6 atom stereocenters. The molecule has 12 nitrogen and oxygen atoms in total. The van der Waals surface area contributed by atoms with Gasteiger partial charge in [-0.2, -0.15) is 8.42 Å². The molecule has 0 radical (unpaired) electrons. The summed E-state index contributed by atoms with van der Waals surface area (Å²) in [5, 5.41) is 30.6. The van der Waals surface area contributed by atoms with Crippen LogP contribution in [0.15, 0.2) is 122 Å². The topological polar surface area (TPSA) is 178 Å². The Morgan fingerprint density at radius 1 is 0.613 bits per heavy atom. The number of hydrogen-bond acceptors (Lipinski definition) is 11. The van der Waals surface area contributed by atoms with E-state index in [4.69, 9.17) is 23.5 Å². The number of unbranched alkanes of at least 4 members (excludes halogenated alkanes) is 3. The molecule has 0 spiro atoms. The van der Waals surface area contributed by atoms with Gasteiger partial charge in [0.05, 0.1) is 19.8 Å². The molecule has 0 aliphatic carbocycles. The van der Waals surface area contributed by atoms with Crippen molar-refractivity contribution in [3.05, 3.63) is 122 Å². The third kappa shape index (κ3) is 32.2. The molecule has 4 N–H and O–H groups in total. The van der Waals surface area contributed by atoms with Crippen molar-refractivity contribution in [2.24, 2.45) is 0 Å². The molecule has 1 aliphatic heterocycles. The maximum absolute atomic E-state index is 12.8. The molecule has 0 aromatic rings.